The molecule has 1 aromatic heterocycles. The molecule has 4 rings (SSSR count). The van der Waals surface area contributed by atoms with E-state index < -0.39 is 0 Å². The average molecular weight is 308 g/mol. The van der Waals surface area contributed by atoms with Gasteiger partial charge in [-0.15, -0.1) is 11.3 Å². The summed E-state index contributed by atoms with van der Waals surface area (Å²) >= 11 is 1.82. The average Bonchev–Trinajstić information content (AvgIpc) is 2.96. The Morgan fingerprint density at radius 1 is 1.14 bits per heavy atom. The molecule has 0 N–H and O–H groups in total. The number of hydrogen-bond donors (Lipinski definition) is 0. The van der Waals surface area contributed by atoms with Gasteiger partial charge in [0.2, 0.25) is 0 Å². The van der Waals surface area contributed by atoms with E-state index in [-0.39, 0.29) is 0 Å². The molecule has 0 amide bonds. The maximum atomic E-state index is 4.78. The highest BCUT2D eigenvalue weighted by Gasteiger charge is 2.23. The SMILES string of the molecule is CN(Cc1nc2ccccc2s1)[C@H]1CCCc2ccccc21. The molecule has 112 valence electrons. The largest absolute Gasteiger partial charge is 0.293 e. The summed E-state index contributed by atoms with van der Waals surface area (Å²) in [6.45, 7) is 0.929. The Labute approximate surface area is 135 Å². The van der Waals surface area contributed by atoms with Gasteiger partial charge in [-0.1, -0.05) is 36.4 Å². The molecule has 3 heteroatoms. The van der Waals surface area contributed by atoms with Crippen LogP contribution in [-0.2, 0) is 13.0 Å². The van der Waals surface area contributed by atoms with Crippen LogP contribution in [0.1, 0.15) is 35.0 Å². The number of rotatable bonds is 3. The van der Waals surface area contributed by atoms with Crippen LogP contribution in [0, 0.1) is 0 Å². The van der Waals surface area contributed by atoms with Gasteiger partial charge in [-0.3, -0.25) is 4.90 Å². The Kier molecular flexibility index (Phi) is 3.68. The Hall–Kier alpha value is -1.71. The third kappa shape index (κ3) is 2.55. The summed E-state index contributed by atoms with van der Waals surface area (Å²) in [6.07, 6.45) is 3.76. The minimum absolute atomic E-state index is 0.525. The molecule has 22 heavy (non-hydrogen) atoms. The third-order valence-electron chi connectivity index (χ3n) is 4.59. The van der Waals surface area contributed by atoms with Gasteiger partial charge < -0.3 is 0 Å². The Bertz CT molecular complexity index is 760. The fourth-order valence-corrected chi connectivity index (χ4v) is 4.53. The molecule has 1 aliphatic carbocycles. The number of nitrogens with zero attached hydrogens (tertiary/aromatic N) is 2. The molecule has 1 atom stereocenters. The molecular formula is C19H20N2S. The maximum absolute atomic E-state index is 4.78. The number of para-hydroxylation sites is 1. The number of aromatic nitrogens is 1. The van der Waals surface area contributed by atoms with Gasteiger partial charge in [-0.05, 0) is 49.6 Å². The zero-order chi connectivity index (χ0) is 14.9. The van der Waals surface area contributed by atoms with Crippen LogP contribution >= 0.6 is 11.3 Å². The van der Waals surface area contributed by atoms with E-state index in [0.717, 1.165) is 12.1 Å². The van der Waals surface area contributed by atoms with Gasteiger partial charge in [-0.2, -0.15) is 0 Å². The summed E-state index contributed by atoms with van der Waals surface area (Å²) in [5.41, 5.74) is 4.16. The van der Waals surface area contributed by atoms with Gasteiger partial charge in [-0.25, -0.2) is 4.98 Å². The van der Waals surface area contributed by atoms with Crippen LogP contribution < -0.4 is 0 Å². The fraction of sp³-hybridized carbons (Fsp3) is 0.316. The molecule has 0 saturated heterocycles. The molecule has 0 radical (unpaired) electrons. The first-order valence-corrected chi connectivity index (χ1v) is 8.75. The molecule has 1 heterocycles. The summed E-state index contributed by atoms with van der Waals surface area (Å²) in [6, 6.07) is 17.9. The second-order valence-corrected chi connectivity index (χ2v) is 7.21. The number of fused-ring (bicyclic) bond motifs is 2. The third-order valence-corrected chi connectivity index (χ3v) is 5.61. The molecule has 1 aliphatic rings. The fourth-order valence-electron chi connectivity index (χ4n) is 3.50. The van der Waals surface area contributed by atoms with Crippen LogP contribution in [-0.4, -0.2) is 16.9 Å². The second-order valence-electron chi connectivity index (χ2n) is 6.10. The summed E-state index contributed by atoms with van der Waals surface area (Å²) < 4.78 is 1.29. The predicted octanol–water partition coefficient (Wildman–Crippen LogP) is 4.81. The maximum Gasteiger partial charge on any atom is 0.108 e. The Morgan fingerprint density at radius 3 is 2.86 bits per heavy atom. The van der Waals surface area contributed by atoms with Crippen LogP contribution in [0.4, 0.5) is 0 Å². The standard InChI is InChI=1S/C19H20N2S/c1-21(13-19-20-16-10-4-5-12-18(16)22-19)17-11-6-8-14-7-2-3-9-15(14)17/h2-5,7,9-10,12,17H,6,8,11,13H2,1H3/t17-/m0/s1. The zero-order valence-corrected chi connectivity index (χ0v) is 13.6. The highest BCUT2D eigenvalue weighted by atomic mass is 32.1. The first kappa shape index (κ1) is 13.9. The van der Waals surface area contributed by atoms with Crippen LogP contribution in [0.2, 0.25) is 0 Å². The van der Waals surface area contributed by atoms with Crippen LogP contribution in [0.5, 0.6) is 0 Å². The van der Waals surface area contributed by atoms with Crippen LogP contribution in [0.15, 0.2) is 48.5 Å². The highest BCUT2D eigenvalue weighted by molar-refractivity contribution is 7.18. The van der Waals surface area contributed by atoms with Crippen molar-refractivity contribution in [3.8, 4) is 0 Å². The lowest BCUT2D eigenvalue weighted by molar-refractivity contribution is 0.213. The quantitative estimate of drug-likeness (QED) is 0.690. The molecule has 0 unspecified atom stereocenters. The minimum atomic E-state index is 0.525. The van der Waals surface area contributed by atoms with Gasteiger partial charge in [0.05, 0.1) is 16.8 Å². The molecule has 2 aromatic carbocycles. The lowest BCUT2D eigenvalue weighted by Gasteiger charge is -2.32. The van der Waals surface area contributed by atoms with Crippen molar-refractivity contribution in [3.05, 3.63) is 64.7 Å². The second kappa shape index (κ2) is 5.82. The molecule has 0 bridgehead atoms. The molecule has 0 aliphatic heterocycles. The zero-order valence-electron chi connectivity index (χ0n) is 12.8. The normalized spacial score (nSPS) is 17.8. The van der Waals surface area contributed by atoms with Crippen molar-refractivity contribution < 1.29 is 0 Å². The van der Waals surface area contributed by atoms with E-state index in [1.807, 2.05) is 11.3 Å². The van der Waals surface area contributed by atoms with E-state index in [9.17, 15) is 0 Å². The summed E-state index contributed by atoms with van der Waals surface area (Å²) in [7, 11) is 2.23. The highest BCUT2D eigenvalue weighted by Crippen LogP contribution is 2.34. The van der Waals surface area contributed by atoms with Gasteiger partial charge >= 0.3 is 0 Å². The predicted molar refractivity (Wildman–Crippen MR) is 93.2 cm³/mol. The van der Waals surface area contributed by atoms with E-state index >= 15 is 0 Å². The van der Waals surface area contributed by atoms with E-state index in [2.05, 4.69) is 60.5 Å². The molecular weight excluding hydrogens is 288 g/mol. The number of aryl methyl sites for hydroxylation is 1. The van der Waals surface area contributed by atoms with Crippen molar-refractivity contribution in [2.75, 3.05) is 7.05 Å². The summed E-state index contributed by atoms with van der Waals surface area (Å²) in [4.78, 5) is 7.25. The lowest BCUT2D eigenvalue weighted by Crippen LogP contribution is -2.27. The number of benzene rings is 2. The summed E-state index contributed by atoms with van der Waals surface area (Å²) in [5, 5.41) is 1.21. The molecule has 0 saturated carbocycles. The van der Waals surface area contributed by atoms with Gasteiger partial charge in [0.25, 0.3) is 0 Å². The summed E-state index contributed by atoms with van der Waals surface area (Å²) in [5.74, 6) is 0. The number of thiazole rings is 1. The topological polar surface area (TPSA) is 16.1 Å². The van der Waals surface area contributed by atoms with Crippen molar-refractivity contribution >= 4 is 21.6 Å². The van der Waals surface area contributed by atoms with Crippen molar-refractivity contribution in [3.63, 3.8) is 0 Å². The molecule has 0 spiro atoms. The first-order valence-electron chi connectivity index (χ1n) is 7.94. The van der Waals surface area contributed by atoms with Crippen LogP contribution in [0.3, 0.4) is 0 Å². The Balaban J connectivity index is 1.58. The lowest BCUT2D eigenvalue weighted by atomic mass is 9.87. The smallest absolute Gasteiger partial charge is 0.108 e. The van der Waals surface area contributed by atoms with Gasteiger partial charge in [0.1, 0.15) is 5.01 Å². The van der Waals surface area contributed by atoms with E-state index in [1.54, 1.807) is 0 Å². The minimum Gasteiger partial charge on any atom is -0.293 e. The van der Waals surface area contributed by atoms with E-state index in [1.165, 1.54) is 40.1 Å². The van der Waals surface area contributed by atoms with Crippen molar-refractivity contribution in [1.82, 2.24) is 9.88 Å². The van der Waals surface area contributed by atoms with Crippen LogP contribution in [0.25, 0.3) is 10.2 Å². The van der Waals surface area contributed by atoms with Crippen molar-refractivity contribution in [2.24, 2.45) is 0 Å². The van der Waals surface area contributed by atoms with Gasteiger partial charge in [0.15, 0.2) is 0 Å². The van der Waals surface area contributed by atoms with Crippen molar-refractivity contribution in [2.45, 2.75) is 31.8 Å². The van der Waals surface area contributed by atoms with E-state index in [0.29, 0.717) is 6.04 Å². The van der Waals surface area contributed by atoms with Crippen molar-refractivity contribution in [1.29, 1.82) is 0 Å². The molecule has 0 fully saturated rings. The Morgan fingerprint density at radius 2 is 1.95 bits per heavy atom. The molecule has 3 aromatic rings. The molecule has 2 nitrogen and oxygen atoms in total. The monoisotopic (exact) mass is 308 g/mol. The first-order chi connectivity index (χ1) is 10.8. The van der Waals surface area contributed by atoms with Gasteiger partial charge in [0, 0.05) is 6.04 Å². The number of hydrogen-bond acceptors (Lipinski definition) is 3. The van der Waals surface area contributed by atoms with E-state index in [4.69, 9.17) is 4.98 Å².